The third-order valence-electron chi connectivity index (χ3n) is 7.64. The van der Waals surface area contributed by atoms with Gasteiger partial charge in [-0.1, -0.05) is 36.4 Å². The van der Waals surface area contributed by atoms with Crippen molar-refractivity contribution in [3.63, 3.8) is 0 Å². The Kier molecular flexibility index (Phi) is 8.26. The highest BCUT2D eigenvalue weighted by Crippen LogP contribution is 2.48. The fraction of sp³-hybridized carbons (Fsp3) is 0.312. The zero-order valence-electron chi connectivity index (χ0n) is 23.9. The van der Waals surface area contributed by atoms with Gasteiger partial charge >= 0.3 is 0 Å². The van der Waals surface area contributed by atoms with Crippen molar-refractivity contribution in [3.05, 3.63) is 95.1 Å². The highest BCUT2D eigenvalue weighted by molar-refractivity contribution is 6.14. The first kappa shape index (κ1) is 28.2. The number of allylic oxidation sites excluding steroid dienone is 3. The molecule has 41 heavy (non-hydrogen) atoms. The highest BCUT2D eigenvalue weighted by atomic mass is 19.1. The first-order chi connectivity index (χ1) is 19.8. The number of methoxy groups -OCH3 is 1. The van der Waals surface area contributed by atoms with Gasteiger partial charge in [-0.15, -0.1) is 0 Å². The standard InChI is InChI=1S/C32H35FN6O2/c1-32-18-21(30(40)39(3)16-8-15-34-2)13-14-26(32)28-22(19-35-29(32)25-11-5-6-12-27(25)33)20-36-31(38-28)37-23-9-7-10-24(17-23)41-4/h5-7,9-14,17,20,34H,8,15-16,18-19H2,1-4H3,(H,36,37,38). The van der Waals surface area contributed by atoms with Crippen molar-refractivity contribution in [1.29, 1.82) is 0 Å². The van der Waals surface area contributed by atoms with Gasteiger partial charge in [0.2, 0.25) is 11.9 Å². The Bertz CT molecular complexity index is 1550. The molecule has 2 N–H and O–H groups in total. The van der Waals surface area contributed by atoms with Gasteiger partial charge in [0.15, 0.2) is 0 Å². The van der Waals surface area contributed by atoms with Gasteiger partial charge in [-0.3, -0.25) is 9.79 Å². The lowest BCUT2D eigenvalue weighted by atomic mass is 9.67. The van der Waals surface area contributed by atoms with Crippen LogP contribution in [-0.2, 0) is 11.3 Å². The summed E-state index contributed by atoms with van der Waals surface area (Å²) in [6.07, 6.45) is 6.79. The molecular formula is C32H35FN6O2. The van der Waals surface area contributed by atoms with Crippen LogP contribution in [0.2, 0.25) is 0 Å². The minimum Gasteiger partial charge on any atom is -0.497 e. The lowest BCUT2D eigenvalue weighted by Gasteiger charge is -2.37. The fourth-order valence-electron chi connectivity index (χ4n) is 5.46. The third-order valence-corrected chi connectivity index (χ3v) is 7.64. The van der Waals surface area contributed by atoms with Gasteiger partial charge in [0.1, 0.15) is 11.6 Å². The molecule has 2 heterocycles. The van der Waals surface area contributed by atoms with E-state index in [2.05, 4.69) is 15.6 Å². The molecule has 212 valence electrons. The van der Waals surface area contributed by atoms with Crippen molar-refractivity contribution in [2.45, 2.75) is 26.3 Å². The van der Waals surface area contributed by atoms with Crippen LogP contribution < -0.4 is 15.4 Å². The minimum absolute atomic E-state index is 0.0435. The van der Waals surface area contributed by atoms with Gasteiger partial charge in [-0.2, -0.15) is 0 Å². The summed E-state index contributed by atoms with van der Waals surface area (Å²) in [5.41, 5.74) is 4.09. The number of rotatable bonds is 9. The summed E-state index contributed by atoms with van der Waals surface area (Å²) in [7, 11) is 5.33. The number of aromatic nitrogens is 2. The molecule has 1 aromatic heterocycles. The largest absolute Gasteiger partial charge is 0.497 e. The molecule has 2 aliphatic rings. The van der Waals surface area contributed by atoms with Crippen molar-refractivity contribution in [2.24, 2.45) is 10.4 Å². The predicted octanol–water partition coefficient (Wildman–Crippen LogP) is 5.16. The lowest BCUT2D eigenvalue weighted by molar-refractivity contribution is -0.126. The summed E-state index contributed by atoms with van der Waals surface area (Å²) in [4.78, 5) is 29.7. The van der Waals surface area contributed by atoms with E-state index in [1.54, 1.807) is 30.3 Å². The van der Waals surface area contributed by atoms with Crippen molar-refractivity contribution in [2.75, 3.05) is 39.6 Å². The number of benzene rings is 2. The number of halogens is 1. The van der Waals surface area contributed by atoms with Crippen molar-refractivity contribution in [1.82, 2.24) is 20.2 Å². The molecule has 0 bridgehead atoms. The summed E-state index contributed by atoms with van der Waals surface area (Å²) in [6.45, 7) is 3.77. The second-order valence-electron chi connectivity index (χ2n) is 10.5. The summed E-state index contributed by atoms with van der Waals surface area (Å²) >= 11 is 0. The molecule has 0 fully saturated rings. The average molecular weight is 555 g/mol. The van der Waals surface area contributed by atoms with E-state index in [1.165, 1.54) is 6.07 Å². The van der Waals surface area contributed by atoms with Crippen LogP contribution in [-0.4, -0.2) is 60.8 Å². The number of nitrogens with one attached hydrogen (secondary N) is 2. The molecule has 0 saturated heterocycles. The monoisotopic (exact) mass is 554 g/mol. The molecule has 1 aliphatic heterocycles. The quantitative estimate of drug-likeness (QED) is 0.355. The zero-order valence-corrected chi connectivity index (χ0v) is 23.9. The van der Waals surface area contributed by atoms with E-state index in [1.807, 2.05) is 63.5 Å². The van der Waals surface area contributed by atoms with E-state index in [-0.39, 0.29) is 11.7 Å². The van der Waals surface area contributed by atoms with Crippen LogP contribution in [0.15, 0.2) is 77.4 Å². The molecule has 1 amide bonds. The van der Waals surface area contributed by atoms with Crippen LogP contribution in [0, 0.1) is 11.2 Å². The maximum absolute atomic E-state index is 15.2. The van der Waals surface area contributed by atoms with E-state index in [4.69, 9.17) is 14.7 Å². The molecular weight excluding hydrogens is 519 g/mol. The molecule has 1 aliphatic carbocycles. The number of anilines is 2. The first-order valence-corrected chi connectivity index (χ1v) is 13.7. The molecule has 9 heteroatoms. The normalized spacial score (nSPS) is 17.7. The van der Waals surface area contributed by atoms with Crippen LogP contribution in [0.1, 0.15) is 36.6 Å². The molecule has 0 radical (unpaired) electrons. The van der Waals surface area contributed by atoms with Gasteiger partial charge in [0.05, 0.1) is 25.1 Å². The van der Waals surface area contributed by atoms with Crippen LogP contribution in [0.3, 0.4) is 0 Å². The highest BCUT2D eigenvalue weighted by Gasteiger charge is 2.43. The van der Waals surface area contributed by atoms with Crippen LogP contribution in [0.5, 0.6) is 5.75 Å². The van der Waals surface area contributed by atoms with Crippen LogP contribution in [0.25, 0.3) is 5.57 Å². The predicted molar refractivity (Wildman–Crippen MR) is 160 cm³/mol. The Balaban J connectivity index is 1.57. The molecule has 5 rings (SSSR count). The zero-order chi connectivity index (χ0) is 29.0. The topological polar surface area (TPSA) is 91.7 Å². The Hall–Kier alpha value is -4.37. The van der Waals surface area contributed by atoms with E-state index in [0.29, 0.717) is 48.1 Å². The number of ether oxygens (including phenoxy) is 1. The second kappa shape index (κ2) is 12.0. The van der Waals surface area contributed by atoms with Crippen molar-refractivity contribution >= 4 is 28.8 Å². The molecule has 1 atom stereocenters. The number of carbonyl (C=O) groups is 1. The van der Waals surface area contributed by atoms with Crippen LogP contribution in [0.4, 0.5) is 16.0 Å². The van der Waals surface area contributed by atoms with Crippen molar-refractivity contribution in [3.8, 4) is 5.75 Å². The van der Waals surface area contributed by atoms with Gasteiger partial charge < -0.3 is 20.3 Å². The molecule has 8 nitrogen and oxygen atoms in total. The summed E-state index contributed by atoms with van der Waals surface area (Å²) < 4.78 is 20.6. The summed E-state index contributed by atoms with van der Waals surface area (Å²) in [5, 5.41) is 6.39. The van der Waals surface area contributed by atoms with Gasteiger partial charge in [-0.05, 0) is 57.1 Å². The molecule has 3 aromatic rings. The molecule has 2 aromatic carbocycles. The Morgan fingerprint density at radius 1 is 1.17 bits per heavy atom. The maximum atomic E-state index is 15.2. The maximum Gasteiger partial charge on any atom is 0.249 e. The second-order valence-corrected chi connectivity index (χ2v) is 10.5. The molecule has 1 unspecified atom stereocenters. The number of amides is 1. The summed E-state index contributed by atoms with van der Waals surface area (Å²) in [6, 6.07) is 14.2. The summed E-state index contributed by atoms with van der Waals surface area (Å²) in [5.74, 6) is 0.743. The first-order valence-electron chi connectivity index (χ1n) is 13.7. The number of aliphatic imine (C=N–C) groups is 1. The van der Waals surface area contributed by atoms with E-state index < -0.39 is 5.41 Å². The Labute approximate surface area is 240 Å². The number of fused-ring (bicyclic) bond motifs is 3. The number of nitrogens with zero attached hydrogens (tertiary/aromatic N) is 4. The van der Waals surface area contributed by atoms with Gasteiger partial charge in [0, 0.05) is 53.7 Å². The van der Waals surface area contributed by atoms with E-state index >= 15 is 4.39 Å². The van der Waals surface area contributed by atoms with Crippen LogP contribution >= 0.6 is 0 Å². The fourth-order valence-corrected chi connectivity index (χ4v) is 5.46. The lowest BCUT2D eigenvalue weighted by Crippen LogP contribution is -2.37. The van der Waals surface area contributed by atoms with E-state index in [0.717, 1.165) is 35.5 Å². The number of carbonyl (C=O) groups excluding carboxylic acids is 1. The van der Waals surface area contributed by atoms with Gasteiger partial charge in [0.25, 0.3) is 0 Å². The SMILES string of the molecule is CNCCCN(C)C(=O)C1=CC=C2c3nc(Nc4cccc(OC)c4)ncc3CN=C(c3ccccc3F)C2(C)C1. The van der Waals surface area contributed by atoms with Gasteiger partial charge in [-0.25, -0.2) is 14.4 Å². The molecule has 0 saturated carbocycles. The minimum atomic E-state index is -0.805. The average Bonchev–Trinajstić information content (AvgIpc) is 3.10. The Morgan fingerprint density at radius 2 is 2.00 bits per heavy atom. The number of hydrogen-bond acceptors (Lipinski definition) is 7. The number of hydrogen-bond donors (Lipinski definition) is 2. The Morgan fingerprint density at radius 3 is 2.78 bits per heavy atom. The smallest absolute Gasteiger partial charge is 0.249 e. The number of likely N-dealkylation sites (N-methyl/N-ethyl adjacent to an activating group) is 1. The van der Waals surface area contributed by atoms with Crippen molar-refractivity contribution < 1.29 is 13.9 Å². The third kappa shape index (κ3) is 5.76. The van der Waals surface area contributed by atoms with E-state index in [9.17, 15) is 4.79 Å². The molecule has 0 spiro atoms.